The van der Waals surface area contributed by atoms with Crippen molar-refractivity contribution in [1.82, 2.24) is 15.2 Å². The van der Waals surface area contributed by atoms with Crippen molar-refractivity contribution < 1.29 is 4.92 Å². The quantitative estimate of drug-likeness (QED) is 0.673. The Labute approximate surface area is 124 Å². The highest BCUT2D eigenvalue weighted by Gasteiger charge is 2.06. The molecule has 0 spiro atoms. The van der Waals surface area contributed by atoms with Crippen LogP contribution in [0.5, 0.6) is 0 Å². The largest absolute Gasteiger partial charge is 0.367 e. The second-order valence-electron chi connectivity index (χ2n) is 3.82. The maximum atomic E-state index is 10.5. The van der Waals surface area contributed by atoms with Crippen LogP contribution in [0.15, 0.2) is 24.3 Å². The van der Waals surface area contributed by atoms with E-state index in [1.165, 1.54) is 12.1 Å². The van der Waals surface area contributed by atoms with Gasteiger partial charge in [0.15, 0.2) is 11.0 Å². The molecule has 0 saturated heterocycles. The molecule has 1 aromatic carbocycles. The summed E-state index contributed by atoms with van der Waals surface area (Å²) < 4.78 is 0. The Balaban J connectivity index is 1.92. The summed E-state index contributed by atoms with van der Waals surface area (Å²) in [5.41, 5.74) is 1.02. The van der Waals surface area contributed by atoms with Gasteiger partial charge in [-0.05, 0) is 23.6 Å². The molecule has 0 bridgehead atoms. The van der Waals surface area contributed by atoms with E-state index in [1.807, 2.05) is 0 Å². The molecular formula is C11H9Cl2N5O2. The Morgan fingerprint density at radius 2 is 1.90 bits per heavy atom. The molecular weight excluding hydrogens is 305 g/mol. The third-order valence-corrected chi connectivity index (χ3v) is 2.89. The van der Waals surface area contributed by atoms with E-state index in [1.54, 1.807) is 12.1 Å². The van der Waals surface area contributed by atoms with Gasteiger partial charge in [-0.3, -0.25) is 10.1 Å². The first-order valence-electron chi connectivity index (χ1n) is 5.59. The highest BCUT2D eigenvalue weighted by Crippen LogP contribution is 2.17. The van der Waals surface area contributed by atoms with Crippen molar-refractivity contribution in [3.63, 3.8) is 0 Å². The standard InChI is InChI=1S/C11H9Cl2N5O2/c12-9-10(15-11(13)17-16-9)14-6-5-7-1-3-8(4-2-7)18(19)20/h1-4H,5-6H2,(H,14,15,17). The minimum Gasteiger partial charge on any atom is -0.367 e. The van der Waals surface area contributed by atoms with Gasteiger partial charge in [0.2, 0.25) is 5.28 Å². The molecule has 1 aromatic heterocycles. The van der Waals surface area contributed by atoms with Gasteiger partial charge in [-0.15, -0.1) is 10.2 Å². The van der Waals surface area contributed by atoms with Crippen LogP contribution >= 0.6 is 23.2 Å². The third kappa shape index (κ3) is 3.75. The van der Waals surface area contributed by atoms with Crippen molar-refractivity contribution in [3.05, 3.63) is 50.4 Å². The molecule has 20 heavy (non-hydrogen) atoms. The number of benzene rings is 1. The lowest BCUT2D eigenvalue weighted by Gasteiger charge is -2.06. The molecule has 0 aliphatic rings. The van der Waals surface area contributed by atoms with Crippen LogP contribution in [0.2, 0.25) is 10.4 Å². The lowest BCUT2D eigenvalue weighted by molar-refractivity contribution is -0.384. The smallest absolute Gasteiger partial charge is 0.269 e. The van der Waals surface area contributed by atoms with Gasteiger partial charge in [-0.25, -0.2) is 0 Å². The van der Waals surface area contributed by atoms with Gasteiger partial charge in [-0.2, -0.15) is 4.98 Å². The zero-order chi connectivity index (χ0) is 14.5. The van der Waals surface area contributed by atoms with Crippen LogP contribution in [0.1, 0.15) is 5.56 Å². The van der Waals surface area contributed by atoms with Gasteiger partial charge in [0.1, 0.15) is 0 Å². The predicted molar refractivity (Wildman–Crippen MR) is 75.1 cm³/mol. The fourth-order valence-electron chi connectivity index (χ4n) is 1.52. The first kappa shape index (κ1) is 14.4. The molecule has 0 atom stereocenters. The molecule has 0 radical (unpaired) electrons. The number of aromatic nitrogens is 3. The summed E-state index contributed by atoms with van der Waals surface area (Å²) in [5.74, 6) is 0.355. The fourth-order valence-corrected chi connectivity index (χ4v) is 1.78. The first-order chi connectivity index (χ1) is 9.56. The van der Waals surface area contributed by atoms with Gasteiger partial charge in [0.05, 0.1) is 4.92 Å². The van der Waals surface area contributed by atoms with Gasteiger partial charge >= 0.3 is 0 Å². The van der Waals surface area contributed by atoms with E-state index in [0.29, 0.717) is 18.8 Å². The molecule has 9 heteroatoms. The second-order valence-corrected chi connectivity index (χ2v) is 4.52. The molecule has 2 rings (SSSR count). The van der Waals surface area contributed by atoms with Gasteiger partial charge in [0, 0.05) is 18.7 Å². The zero-order valence-corrected chi connectivity index (χ0v) is 11.6. The number of nitro groups is 1. The van der Waals surface area contributed by atoms with Crippen LogP contribution in [0.25, 0.3) is 0 Å². The molecule has 0 aliphatic heterocycles. The number of nitrogens with one attached hydrogen (secondary N) is 1. The predicted octanol–water partition coefficient (Wildman–Crippen LogP) is 2.74. The van der Waals surface area contributed by atoms with Crippen molar-refractivity contribution in [2.75, 3.05) is 11.9 Å². The normalized spacial score (nSPS) is 10.3. The summed E-state index contributed by atoms with van der Waals surface area (Å²) in [4.78, 5) is 14.0. The van der Waals surface area contributed by atoms with E-state index < -0.39 is 4.92 Å². The van der Waals surface area contributed by atoms with Crippen molar-refractivity contribution >= 4 is 34.7 Å². The number of hydrogen-bond donors (Lipinski definition) is 1. The highest BCUT2D eigenvalue weighted by atomic mass is 35.5. The number of halogens is 2. The maximum absolute atomic E-state index is 10.5. The van der Waals surface area contributed by atoms with Gasteiger partial charge in [-0.1, -0.05) is 23.7 Å². The number of nitro benzene ring substituents is 1. The van der Waals surface area contributed by atoms with E-state index in [4.69, 9.17) is 23.2 Å². The van der Waals surface area contributed by atoms with Crippen LogP contribution in [-0.4, -0.2) is 26.6 Å². The minimum absolute atomic E-state index is 0.00670. The Hall–Kier alpha value is -1.99. The first-order valence-corrected chi connectivity index (χ1v) is 6.35. The van der Waals surface area contributed by atoms with Crippen molar-refractivity contribution in [3.8, 4) is 0 Å². The van der Waals surface area contributed by atoms with E-state index in [9.17, 15) is 10.1 Å². The summed E-state index contributed by atoms with van der Waals surface area (Å²) in [7, 11) is 0. The lowest BCUT2D eigenvalue weighted by Crippen LogP contribution is -2.08. The highest BCUT2D eigenvalue weighted by molar-refractivity contribution is 6.32. The average molecular weight is 314 g/mol. The van der Waals surface area contributed by atoms with E-state index in [0.717, 1.165) is 5.56 Å². The molecule has 0 unspecified atom stereocenters. The summed E-state index contributed by atoms with van der Waals surface area (Å²) in [5, 5.41) is 20.8. The van der Waals surface area contributed by atoms with Crippen LogP contribution in [0, 0.1) is 10.1 Å². The molecule has 1 N–H and O–H groups in total. The Morgan fingerprint density at radius 3 is 2.55 bits per heavy atom. The Bertz CT molecular complexity index is 621. The third-order valence-electron chi connectivity index (χ3n) is 2.47. The summed E-state index contributed by atoms with van der Waals surface area (Å²) in [6.07, 6.45) is 0.649. The maximum Gasteiger partial charge on any atom is 0.269 e. The Morgan fingerprint density at radius 1 is 1.20 bits per heavy atom. The number of hydrogen-bond acceptors (Lipinski definition) is 6. The van der Waals surface area contributed by atoms with Crippen molar-refractivity contribution in [2.24, 2.45) is 0 Å². The van der Waals surface area contributed by atoms with E-state index in [-0.39, 0.29) is 16.1 Å². The Kier molecular flexibility index (Phi) is 4.65. The zero-order valence-electron chi connectivity index (χ0n) is 10.1. The van der Waals surface area contributed by atoms with E-state index >= 15 is 0 Å². The molecule has 0 saturated carbocycles. The molecule has 2 aromatic rings. The molecule has 0 amide bonds. The van der Waals surface area contributed by atoms with Crippen LogP contribution in [0.4, 0.5) is 11.5 Å². The van der Waals surface area contributed by atoms with E-state index in [2.05, 4.69) is 20.5 Å². The van der Waals surface area contributed by atoms with Crippen molar-refractivity contribution in [1.29, 1.82) is 0 Å². The van der Waals surface area contributed by atoms with Crippen LogP contribution in [0.3, 0.4) is 0 Å². The number of anilines is 1. The topological polar surface area (TPSA) is 93.8 Å². The molecule has 104 valence electrons. The molecule has 0 fully saturated rings. The van der Waals surface area contributed by atoms with Gasteiger partial charge in [0.25, 0.3) is 5.69 Å². The minimum atomic E-state index is -0.434. The molecule has 7 nitrogen and oxygen atoms in total. The molecule has 1 heterocycles. The van der Waals surface area contributed by atoms with Gasteiger partial charge < -0.3 is 5.32 Å². The monoisotopic (exact) mass is 313 g/mol. The fraction of sp³-hybridized carbons (Fsp3) is 0.182. The molecule has 0 aliphatic carbocycles. The van der Waals surface area contributed by atoms with Crippen molar-refractivity contribution in [2.45, 2.75) is 6.42 Å². The average Bonchev–Trinajstić information content (AvgIpc) is 2.43. The van der Waals surface area contributed by atoms with Crippen LogP contribution < -0.4 is 5.32 Å². The number of non-ortho nitro benzene ring substituents is 1. The number of rotatable bonds is 5. The summed E-state index contributed by atoms with van der Waals surface area (Å²) in [6, 6.07) is 6.33. The second kappa shape index (κ2) is 6.44. The summed E-state index contributed by atoms with van der Waals surface area (Å²) in [6.45, 7) is 0.534. The lowest BCUT2D eigenvalue weighted by atomic mass is 10.1. The summed E-state index contributed by atoms with van der Waals surface area (Å²) >= 11 is 11.4. The van der Waals surface area contributed by atoms with Crippen LogP contribution in [-0.2, 0) is 6.42 Å². The SMILES string of the molecule is O=[N+]([O-])c1ccc(CCNc2nc(Cl)nnc2Cl)cc1. The number of nitrogens with zero attached hydrogens (tertiary/aromatic N) is 4.